The molecular weight excluding hydrogens is 550 g/mol. The Labute approximate surface area is 241 Å². The van der Waals surface area contributed by atoms with Gasteiger partial charge in [0, 0.05) is 17.1 Å². The van der Waals surface area contributed by atoms with Gasteiger partial charge in [-0.15, -0.1) is 0 Å². The minimum Gasteiger partial charge on any atom is -0.494 e. The summed E-state index contributed by atoms with van der Waals surface area (Å²) in [5, 5.41) is 3.45. The third kappa shape index (κ3) is 8.22. The Morgan fingerprint density at radius 2 is 1.55 bits per heavy atom. The molecule has 0 fully saturated rings. The highest BCUT2D eigenvalue weighted by Crippen LogP contribution is 2.26. The van der Waals surface area contributed by atoms with Crippen molar-refractivity contribution in [3.05, 3.63) is 89.4 Å². The lowest BCUT2D eigenvalue weighted by atomic mass is 10.1. The number of carbonyl (C=O) groups is 2. The molecule has 2 amide bonds. The normalized spacial score (nSPS) is 12.3. The molecule has 3 aromatic rings. The van der Waals surface area contributed by atoms with Crippen LogP contribution in [-0.4, -0.2) is 49.9 Å². The molecule has 0 aliphatic rings. The van der Waals surface area contributed by atoms with Crippen LogP contribution in [0, 0.1) is 0 Å². The lowest BCUT2D eigenvalue weighted by Gasteiger charge is -2.33. The van der Waals surface area contributed by atoms with E-state index in [1.807, 2.05) is 27.7 Å². The lowest BCUT2D eigenvalue weighted by molar-refractivity contribution is -0.140. The van der Waals surface area contributed by atoms with Gasteiger partial charge < -0.3 is 15.0 Å². The average molecular weight is 586 g/mol. The molecule has 0 aromatic heterocycles. The van der Waals surface area contributed by atoms with Gasteiger partial charge in [0.1, 0.15) is 18.3 Å². The molecule has 1 atom stereocenters. The zero-order valence-corrected chi connectivity index (χ0v) is 25.0. The SMILES string of the molecule is CCOc1ccc(S(=O)(=O)N(CC(=O)N(Cc2ccc(Cl)cc2)[C@H](C)C(=O)NC(C)(C)C)c2ccccc2)cc1. The summed E-state index contributed by atoms with van der Waals surface area (Å²) >= 11 is 6.04. The summed E-state index contributed by atoms with van der Waals surface area (Å²) in [6, 6.07) is 20.5. The fourth-order valence-electron chi connectivity index (χ4n) is 3.97. The van der Waals surface area contributed by atoms with Gasteiger partial charge in [0.15, 0.2) is 0 Å². The summed E-state index contributed by atoms with van der Waals surface area (Å²) in [6.07, 6.45) is 0. The summed E-state index contributed by atoms with van der Waals surface area (Å²) in [5.74, 6) is -0.350. The van der Waals surface area contributed by atoms with Crippen molar-refractivity contribution >= 4 is 39.1 Å². The van der Waals surface area contributed by atoms with E-state index in [0.29, 0.717) is 23.1 Å². The van der Waals surface area contributed by atoms with Gasteiger partial charge in [0.2, 0.25) is 11.8 Å². The summed E-state index contributed by atoms with van der Waals surface area (Å²) in [7, 11) is -4.16. The second-order valence-corrected chi connectivity index (χ2v) is 12.6. The quantitative estimate of drug-likeness (QED) is 0.331. The minimum absolute atomic E-state index is 0.00961. The van der Waals surface area contributed by atoms with Crippen LogP contribution in [0.1, 0.15) is 40.2 Å². The molecule has 214 valence electrons. The van der Waals surface area contributed by atoms with Crippen LogP contribution in [0.3, 0.4) is 0 Å². The van der Waals surface area contributed by atoms with E-state index < -0.39 is 34.1 Å². The van der Waals surface area contributed by atoms with Gasteiger partial charge >= 0.3 is 0 Å². The fraction of sp³-hybridized carbons (Fsp3) is 0.333. The van der Waals surface area contributed by atoms with Crippen LogP contribution in [-0.2, 0) is 26.2 Å². The number of carbonyl (C=O) groups excluding carboxylic acids is 2. The Morgan fingerprint density at radius 3 is 2.10 bits per heavy atom. The maximum Gasteiger partial charge on any atom is 0.264 e. The molecule has 0 radical (unpaired) electrons. The van der Waals surface area contributed by atoms with E-state index >= 15 is 0 Å². The largest absolute Gasteiger partial charge is 0.494 e. The van der Waals surface area contributed by atoms with Crippen molar-refractivity contribution in [3.8, 4) is 5.75 Å². The number of ether oxygens (including phenoxy) is 1. The van der Waals surface area contributed by atoms with Gasteiger partial charge in [-0.05, 0) is 88.7 Å². The number of hydrogen-bond acceptors (Lipinski definition) is 5. The monoisotopic (exact) mass is 585 g/mol. The molecule has 1 N–H and O–H groups in total. The first kappa shape index (κ1) is 31.0. The molecule has 0 spiro atoms. The summed E-state index contributed by atoms with van der Waals surface area (Å²) < 4.78 is 34.2. The van der Waals surface area contributed by atoms with Gasteiger partial charge in [-0.1, -0.05) is 41.9 Å². The van der Waals surface area contributed by atoms with Crippen LogP contribution in [0.25, 0.3) is 0 Å². The third-order valence-electron chi connectivity index (χ3n) is 5.98. The van der Waals surface area contributed by atoms with Crippen LogP contribution >= 0.6 is 11.6 Å². The number of halogens is 1. The predicted octanol–water partition coefficient (Wildman–Crippen LogP) is 5.27. The van der Waals surface area contributed by atoms with Gasteiger partial charge in [0.05, 0.1) is 17.2 Å². The van der Waals surface area contributed by atoms with Gasteiger partial charge in [0.25, 0.3) is 10.0 Å². The third-order valence-corrected chi connectivity index (χ3v) is 8.02. The van der Waals surface area contributed by atoms with Crippen LogP contribution in [0.4, 0.5) is 5.69 Å². The number of nitrogens with one attached hydrogen (secondary N) is 1. The van der Waals surface area contributed by atoms with Crippen molar-refractivity contribution < 1.29 is 22.7 Å². The number of sulfonamides is 1. The second-order valence-electron chi connectivity index (χ2n) is 10.3. The van der Waals surface area contributed by atoms with Gasteiger partial charge in [-0.3, -0.25) is 13.9 Å². The first-order valence-electron chi connectivity index (χ1n) is 13.0. The maximum atomic E-state index is 13.9. The molecule has 0 aliphatic carbocycles. The Morgan fingerprint density at radius 1 is 0.950 bits per heavy atom. The summed E-state index contributed by atoms with van der Waals surface area (Å²) in [4.78, 5) is 28.5. The van der Waals surface area contributed by atoms with Crippen molar-refractivity contribution in [2.24, 2.45) is 0 Å². The molecule has 0 heterocycles. The molecule has 10 heteroatoms. The minimum atomic E-state index is -4.16. The average Bonchev–Trinajstić information content (AvgIpc) is 2.91. The highest BCUT2D eigenvalue weighted by molar-refractivity contribution is 7.92. The highest BCUT2D eigenvalue weighted by atomic mass is 35.5. The maximum absolute atomic E-state index is 13.9. The van der Waals surface area contributed by atoms with Crippen molar-refractivity contribution in [2.45, 2.75) is 57.6 Å². The van der Waals surface area contributed by atoms with E-state index in [2.05, 4.69) is 5.32 Å². The number of benzene rings is 3. The predicted molar refractivity (Wildman–Crippen MR) is 158 cm³/mol. The topological polar surface area (TPSA) is 96.0 Å². The number of amides is 2. The number of hydrogen-bond donors (Lipinski definition) is 1. The second kappa shape index (κ2) is 13.2. The zero-order valence-electron chi connectivity index (χ0n) is 23.4. The number of para-hydroxylation sites is 1. The fourth-order valence-corrected chi connectivity index (χ4v) is 5.51. The molecule has 0 bridgehead atoms. The summed E-state index contributed by atoms with van der Waals surface area (Å²) in [5.41, 5.74) is 0.546. The van der Waals surface area contributed by atoms with Crippen LogP contribution in [0.5, 0.6) is 5.75 Å². The Balaban J connectivity index is 2.00. The Bertz CT molecular complexity index is 1390. The molecule has 0 unspecified atom stereocenters. The zero-order chi connectivity index (χ0) is 29.5. The van der Waals surface area contributed by atoms with Gasteiger partial charge in [-0.2, -0.15) is 0 Å². The molecule has 0 saturated carbocycles. The van der Waals surface area contributed by atoms with Crippen molar-refractivity contribution in [1.29, 1.82) is 0 Å². The van der Waals surface area contributed by atoms with E-state index in [9.17, 15) is 18.0 Å². The lowest BCUT2D eigenvalue weighted by Crippen LogP contribution is -2.54. The standard InChI is InChI=1S/C30H36ClN3O5S/c1-6-39-26-16-18-27(19-17-26)40(37,38)34(25-10-8-7-9-11-25)21-28(35)33(20-23-12-14-24(31)15-13-23)22(2)29(36)32-30(3,4)5/h7-19,22H,6,20-21H2,1-5H3,(H,32,36)/t22-/m1/s1. The first-order chi connectivity index (χ1) is 18.8. The van der Waals surface area contributed by atoms with E-state index in [1.54, 1.807) is 73.7 Å². The first-order valence-corrected chi connectivity index (χ1v) is 14.8. The number of anilines is 1. The van der Waals surface area contributed by atoms with E-state index in [-0.39, 0.29) is 17.3 Å². The van der Waals surface area contributed by atoms with Crippen molar-refractivity contribution in [3.63, 3.8) is 0 Å². The van der Waals surface area contributed by atoms with Gasteiger partial charge in [-0.25, -0.2) is 8.42 Å². The molecule has 3 rings (SSSR count). The van der Waals surface area contributed by atoms with Crippen LogP contribution in [0.15, 0.2) is 83.8 Å². The molecule has 3 aromatic carbocycles. The summed E-state index contributed by atoms with van der Waals surface area (Å²) in [6.45, 7) is 9.03. The van der Waals surface area contributed by atoms with Crippen LogP contribution < -0.4 is 14.4 Å². The molecule has 8 nitrogen and oxygen atoms in total. The Kier molecular flexibility index (Phi) is 10.2. The van der Waals surface area contributed by atoms with Crippen LogP contribution in [0.2, 0.25) is 5.02 Å². The molecule has 40 heavy (non-hydrogen) atoms. The molecule has 0 saturated heterocycles. The number of rotatable bonds is 11. The molecular formula is C30H36ClN3O5S. The molecule has 0 aliphatic heterocycles. The smallest absolute Gasteiger partial charge is 0.264 e. The van der Waals surface area contributed by atoms with E-state index in [1.165, 1.54) is 17.0 Å². The van der Waals surface area contributed by atoms with Crippen molar-refractivity contribution in [2.75, 3.05) is 17.5 Å². The highest BCUT2D eigenvalue weighted by Gasteiger charge is 2.33. The van der Waals surface area contributed by atoms with E-state index in [4.69, 9.17) is 16.3 Å². The Hall–Kier alpha value is -3.56. The van der Waals surface area contributed by atoms with Crippen molar-refractivity contribution in [1.82, 2.24) is 10.2 Å². The van der Waals surface area contributed by atoms with E-state index in [0.717, 1.165) is 9.87 Å². The number of nitrogens with zero attached hydrogens (tertiary/aromatic N) is 2.